The van der Waals surface area contributed by atoms with Gasteiger partial charge in [-0.25, -0.2) is 4.79 Å². The number of aliphatic carboxylic acids is 1. The van der Waals surface area contributed by atoms with Gasteiger partial charge in [0.15, 0.2) is 0 Å². The quantitative estimate of drug-likeness (QED) is 0.186. The molecule has 0 radical (unpaired) electrons. The number of anilines is 3. The highest BCUT2D eigenvalue weighted by Gasteiger charge is 2.26. The third kappa shape index (κ3) is 9.55. The van der Waals surface area contributed by atoms with Gasteiger partial charge in [-0.15, -0.1) is 0 Å². The first-order valence-corrected chi connectivity index (χ1v) is 15.4. The number of carbonyl (C=O) groups excluding carboxylic acids is 4. The van der Waals surface area contributed by atoms with Crippen molar-refractivity contribution in [2.75, 3.05) is 36.3 Å². The third-order valence-corrected chi connectivity index (χ3v) is 7.92. The summed E-state index contributed by atoms with van der Waals surface area (Å²) in [4.78, 5) is 63.5. The van der Waals surface area contributed by atoms with Crippen molar-refractivity contribution in [1.29, 1.82) is 0 Å². The van der Waals surface area contributed by atoms with Gasteiger partial charge >= 0.3 is 18.0 Å². The second kappa shape index (κ2) is 16.3. The van der Waals surface area contributed by atoms with E-state index in [1.807, 2.05) is 43.3 Å². The first-order chi connectivity index (χ1) is 22.6. The highest BCUT2D eigenvalue weighted by atomic mass is 16.5. The maximum atomic E-state index is 13.6. The van der Waals surface area contributed by atoms with E-state index in [1.54, 1.807) is 29.2 Å². The van der Waals surface area contributed by atoms with Crippen LogP contribution < -0.4 is 25.6 Å². The number of amides is 4. The van der Waals surface area contributed by atoms with Crippen molar-refractivity contribution in [3.63, 3.8) is 0 Å². The topological polar surface area (TPSA) is 163 Å². The van der Waals surface area contributed by atoms with Gasteiger partial charge in [-0.1, -0.05) is 36.4 Å². The summed E-state index contributed by atoms with van der Waals surface area (Å²) >= 11 is 0. The lowest BCUT2D eigenvalue weighted by atomic mass is 9.94. The third-order valence-electron chi connectivity index (χ3n) is 7.92. The number of nitrogens with one attached hydrogen (secondary N) is 3. The zero-order chi connectivity index (χ0) is 33.9. The largest absolute Gasteiger partial charge is 0.495 e. The Morgan fingerprint density at radius 3 is 2.43 bits per heavy atom. The number of para-hydroxylation sites is 1. The maximum Gasteiger partial charge on any atom is 0.323 e. The number of rotatable bonds is 13. The minimum atomic E-state index is -0.982. The van der Waals surface area contributed by atoms with Crippen LogP contribution in [-0.4, -0.2) is 55.7 Å². The van der Waals surface area contributed by atoms with E-state index in [4.69, 9.17) is 14.6 Å². The number of methoxy groups -OCH3 is 2. The molecule has 0 spiro atoms. The molecule has 0 aromatic heterocycles. The number of hydrogen-bond acceptors (Lipinski definition) is 7. The predicted octanol–water partition coefficient (Wildman–Crippen LogP) is 5.14. The molecule has 0 fully saturated rings. The molecule has 12 nitrogen and oxygen atoms in total. The van der Waals surface area contributed by atoms with Crippen molar-refractivity contribution >= 4 is 46.8 Å². The van der Waals surface area contributed by atoms with Crippen molar-refractivity contribution in [2.24, 2.45) is 0 Å². The van der Waals surface area contributed by atoms with Crippen LogP contribution in [0.15, 0.2) is 60.7 Å². The number of benzene rings is 3. The summed E-state index contributed by atoms with van der Waals surface area (Å²) in [6.07, 6.45) is 1.52. The fourth-order valence-electron chi connectivity index (χ4n) is 5.47. The number of aryl methyl sites for hydroxylation is 2. The molecule has 4 N–H and O–H groups in total. The Balaban J connectivity index is 1.45. The molecule has 1 aliphatic rings. The average molecular weight is 645 g/mol. The standard InChI is InChI=1S/C35H40N4O8/c1-22-8-4-5-10-26(22)37-35(45)38-27-15-13-23(18-30(27)46-2)19-32(41)39-17-7-9-25-20-24(14-16-29(25)39)28(21-34(44)47-3)36-31(40)11-6-12-33(42)43/h4-5,8,10,13-16,18,20,28H,6-7,9,11-12,17,19,21H2,1-3H3,(H,36,40)(H,42,43)(H2,37,38,45)/t28-/m1/s1. The fourth-order valence-corrected chi connectivity index (χ4v) is 5.47. The lowest BCUT2D eigenvalue weighted by Crippen LogP contribution is -2.37. The van der Waals surface area contributed by atoms with Gasteiger partial charge in [0.25, 0.3) is 0 Å². The summed E-state index contributed by atoms with van der Waals surface area (Å²) in [6, 6.07) is 17.0. The molecule has 1 atom stereocenters. The summed E-state index contributed by atoms with van der Waals surface area (Å²) in [5.74, 6) is -1.54. The van der Waals surface area contributed by atoms with Gasteiger partial charge in [-0.2, -0.15) is 0 Å². The Hall–Kier alpha value is -5.39. The molecular weight excluding hydrogens is 604 g/mol. The van der Waals surface area contributed by atoms with Crippen molar-refractivity contribution in [2.45, 2.75) is 57.9 Å². The summed E-state index contributed by atoms with van der Waals surface area (Å²) in [5.41, 5.74) is 5.15. The van der Waals surface area contributed by atoms with Gasteiger partial charge < -0.3 is 35.4 Å². The van der Waals surface area contributed by atoms with Crippen LogP contribution in [0.5, 0.6) is 5.75 Å². The number of carboxylic acids is 1. The Morgan fingerprint density at radius 1 is 0.936 bits per heavy atom. The molecular formula is C35H40N4O8. The number of carboxylic acid groups (broad SMARTS) is 1. The van der Waals surface area contributed by atoms with Gasteiger partial charge in [0.05, 0.1) is 38.8 Å². The van der Waals surface area contributed by atoms with E-state index in [9.17, 15) is 24.0 Å². The van der Waals surface area contributed by atoms with Gasteiger partial charge in [-0.3, -0.25) is 19.2 Å². The van der Waals surface area contributed by atoms with Gasteiger partial charge in [-0.05, 0) is 72.7 Å². The molecule has 0 unspecified atom stereocenters. The molecule has 3 aromatic carbocycles. The van der Waals surface area contributed by atoms with E-state index in [0.29, 0.717) is 41.2 Å². The average Bonchev–Trinajstić information content (AvgIpc) is 3.05. The zero-order valence-electron chi connectivity index (χ0n) is 26.8. The Kier molecular flexibility index (Phi) is 11.9. The minimum Gasteiger partial charge on any atom is -0.495 e. The van der Waals surface area contributed by atoms with Crippen LogP contribution in [0.2, 0.25) is 0 Å². The van der Waals surface area contributed by atoms with Gasteiger partial charge in [0.1, 0.15) is 5.75 Å². The van der Waals surface area contributed by atoms with Crippen LogP contribution in [0, 0.1) is 6.92 Å². The molecule has 0 saturated carbocycles. The Bertz CT molecular complexity index is 1640. The summed E-state index contributed by atoms with van der Waals surface area (Å²) in [7, 11) is 2.77. The smallest absolute Gasteiger partial charge is 0.323 e. The van der Waals surface area contributed by atoms with Gasteiger partial charge in [0.2, 0.25) is 11.8 Å². The molecule has 12 heteroatoms. The van der Waals surface area contributed by atoms with Crippen molar-refractivity contribution in [1.82, 2.24) is 5.32 Å². The summed E-state index contributed by atoms with van der Waals surface area (Å²) < 4.78 is 10.3. The molecule has 47 heavy (non-hydrogen) atoms. The van der Waals surface area contributed by atoms with E-state index in [-0.39, 0.29) is 43.9 Å². The predicted molar refractivity (Wildman–Crippen MR) is 177 cm³/mol. The molecule has 0 bridgehead atoms. The summed E-state index contributed by atoms with van der Waals surface area (Å²) in [6.45, 7) is 2.44. The number of nitrogens with zero attached hydrogens (tertiary/aromatic N) is 1. The molecule has 248 valence electrons. The van der Waals surface area contributed by atoms with Crippen molar-refractivity contribution < 1.29 is 38.6 Å². The number of ether oxygens (including phenoxy) is 2. The first kappa shape index (κ1) is 34.5. The normalized spacial score (nSPS) is 12.7. The van der Waals surface area contributed by atoms with Crippen LogP contribution in [0.4, 0.5) is 21.9 Å². The number of esters is 1. The van der Waals surface area contributed by atoms with E-state index in [0.717, 1.165) is 23.2 Å². The maximum absolute atomic E-state index is 13.6. The van der Waals surface area contributed by atoms with Crippen LogP contribution in [0.1, 0.15) is 60.4 Å². The Labute approximate surface area is 273 Å². The fraction of sp³-hybridized carbons (Fsp3) is 0.343. The highest BCUT2D eigenvalue weighted by molar-refractivity contribution is 6.01. The molecule has 1 aliphatic heterocycles. The van der Waals surface area contributed by atoms with Crippen LogP contribution in [0.25, 0.3) is 0 Å². The number of urea groups is 1. The first-order valence-electron chi connectivity index (χ1n) is 15.4. The van der Waals surface area contributed by atoms with Crippen molar-refractivity contribution in [3.05, 3.63) is 82.9 Å². The molecule has 0 saturated heterocycles. The highest BCUT2D eigenvalue weighted by Crippen LogP contribution is 2.32. The van der Waals surface area contributed by atoms with E-state index in [2.05, 4.69) is 16.0 Å². The minimum absolute atomic E-state index is 0.0135. The van der Waals surface area contributed by atoms with Crippen LogP contribution in [0.3, 0.4) is 0 Å². The lowest BCUT2D eigenvalue weighted by molar-refractivity contribution is -0.141. The SMILES string of the molecule is COC(=O)C[C@@H](NC(=O)CCCC(=O)O)c1ccc2c(c1)CCCN2C(=O)Cc1ccc(NC(=O)Nc2ccccc2C)c(OC)c1. The molecule has 1 heterocycles. The molecule has 4 amide bonds. The number of hydrogen-bond donors (Lipinski definition) is 4. The van der Waals surface area contributed by atoms with E-state index < -0.39 is 24.0 Å². The van der Waals surface area contributed by atoms with Crippen LogP contribution >= 0.6 is 0 Å². The van der Waals surface area contributed by atoms with Crippen molar-refractivity contribution in [3.8, 4) is 5.75 Å². The molecule has 4 rings (SSSR count). The second-order valence-corrected chi connectivity index (χ2v) is 11.3. The van der Waals surface area contributed by atoms with Gasteiger partial charge in [0, 0.05) is 30.8 Å². The monoisotopic (exact) mass is 644 g/mol. The van der Waals surface area contributed by atoms with Crippen LogP contribution in [-0.2, 0) is 36.8 Å². The Morgan fingerprint density at radius 2 is 1.70 bits per heavy atom. The summed E-state index contributed by atoms with van der Waals surface area (Å²) in [5, 5.41) is 17.3. The number of carbonyl (C=O) groups is 5. The second-order valence-electron chi connectivity index (χ2n) is 11.3. The van der Waals surface area contributed by atoms with E-state index in [1.165, 1.54) is 14.2 Å². The molecule has 3 aromatic rings. The van der Waals surface area contributed by atoms with E-state index >= 15 is 0 Å². The molecule has 0 aliphatic carbocycles. The number of fused-ring (bicyclic) bond motifs is 1. The zero-order valence-corrected chi connectivity index (χ0v) is 26.8. The lowest BCUT2D eigenvalue weighted by Gasteiger charge is -2.31.